The number of benzene rings is 3. The van der Waals surface area contributed by atoms with E-state index in [1.807, 2.05) is 0 Å². The summed E-state index contributed by atoms with van der Waals surface area (Å²) in [6.07, 6.45) is -1.13. The van der Waals surface area contributed by atoms with Gasteiger partial charge in [-0.05, 0) is 35.9 Å². The Hall–Kier alpha value is -3.39. The number of carbonyl (C=O) groups excluding carboxylic acids is 4. The molecular formula is C26H14Cl2FNO5. The molecule has 2 saturated heterocycles. The first-order valence-electron chi connectivity index (χ1n) is 10.7. The van der Waals surface area contributed by atoms with Crippen molar-refractivity contribution in [1.29, 1.82) is 0 Å². The lowest BCUT2D eigenvalue weighted by molar-refractivity contribution is -0.127. The molecule has 35 heavy (non-hydrogen) atoms. The number of carbonyl (C=O) groups is 4. The van der Waals surface area contributed by atoms with Crippen LogP contribution >= 0.6 is 23.2 Å². The molecule has 2 fully saturated rings. The Morgan fingerprint density at radius 3 is 2.03 bits per heavy atom. The molecule has 9 heteroatoms. The van der Waals surface area contributed by atoms with Crippen LogP contribution in [-0.4, -0.2) is 29.0 Å². The topological polar surface area (TPSA) is 80.8 Å². The van der Waals surface area contributed by atoms with Crippen LogP contribution < -0.4 is 4.90 Å². The number of nitrogens with zero attached hydrogens (tertiary/aromatic N) is 1. The van der Waals surface area contributed by atoms with Gasteiger partial charge in [-0.2, -0.15) is 0 Å². The third-order valence-corrected chi connectivity index (χ3v) is 7.62. The monoisotopic (exact) mass is 509 g/mol. The van der Waals surface area contributed by atoms with Crippen molar-refractivity contribution >= 4 is 52.3 Å². The molecule has 2 heterocycles. The van der Waals surface area contributed by atoms with Crippen LogP contribution in [0.2, 0.25) is 10.0 Å². The van der Waals surface area contributed by atoms with Crippen molar-refractivity contribution in [3.63, 3.8) is 0 Å². The lowest BCUT2D eigenvalue weighted by atomic mass is 9.77. The molecule has 3 aromatic rings. The highest BCUT2D eigenvalue weighted by Crippen LogP contribution is 2.57. The average molecular weight is 510 g/mol. The van der Waals surface area contributed by atoms with E-state index in [9.17, 15) is 23.6 Å². The summed E-state index contributed by atoms with van der Waals surface area (Å²) in [7, 11) is 0. The number of imide groups is 1. The second-order valence-electron chi connectivity index (χ2n) is 8.64. The minimum Gasteiger partial charge on any atom is -0.349 e. The molecular weight excluding hydrogens is 496 g/mol. The van der Waals surface area contributed by atoms with Crippen LogP contribution in [-0.2, 0) is 14.3 Å². The number of hydrogen-bond acceptors (Lipinski definition) is 5. The van der Waals surface area contributed by atoms with Gasteiger partial charge < -0.3 is 4.74 Å². The van der Waals surface area contributed by atoms with E-state index in [1.165, 1.54) is 54.6 Å². The first kappa shape index (κ1) is 22.1. The van der Waals surface area contributed by atoms with Crippen molar-refractivity contribution in [2.45, 2.75) is 11.7 Å². The van der Waals surface area contributed by atoms with E-state index in [1.54, 1.807) is 12.1 Å². The van der Waals surface area contributed by atoms with E-state index < -0.39 is 52.7 Å². The Kier molecular flexibility index (Phi) is 4.77. The fraction of sp³-hybridized carbons (Fsp3) is 0.154. The van der Waals surface area contributed by atoms with Crippen LogP contribution in [0.25, 0.3) is 0 Å². The summed E-state index contributed by atoms with van der Waals surface area (Å²) >= 11 is 12.1. The van der Waals surface area contributed by atoms with E-state index >= 15 is 0 Å². The predicted octanol–water partition coefficient (Wildman–Crippen LogP) is 4.83. The van der Waals surface area contributed by atoms with Gasteiger partial charge in [-0.15, -0.1) is 0 Å². The first-order chi connectivity index (χ1) is 16.8. The summed E-state index contributed by atoms with van der Waals surface area (Å²) in [4.78, 5) is 55.8. The SMILES string of the molecule is O=C1[C@@H]2[C@@H](c3ccc(F)cc3)OC3(C(=O)c4ccccc4C3=O)[C@@H]2C(=O)N1c1ccc(Cl)c(Cl)c1. The van der Waals surface area contributed by atoms with Crippen molar-refractivity contribution in [2.24, 2.45) is 11.8 Å². The number of Topliss-reactive ketones (excluding diaryl/α,β-unsaturated/α-hetero) is 2. The Morgan fingerprint density at radius 2 is 1.43 bits per heavy atom. The van der Waals surface area contributed by atoms with Crippen LogP contribution in [0.1, 0.15) is 32.4 Å². The molecule has 1 aliphatic carbocycles. The average Bonchev–Trinajstić information content (AvgIpc) is 3.41. The number of halogens is 3. The molecule has 0 unspecified atom stereocenters. The second kappa shape index (κ2) is 7.55. The molecule has 0 aromatic heterocycles. The first-order valence-corrected chi connectivity index (χ1v) is 11.5. The number of rotatable bonds is 2. The fourth-order valence-corrected chi connectivity index (χ4v) is 5.64. The highest BCUT2D eigenvalue weighted by Gasteiger charge is 2.74. The number of hydrogen-bond donors (Lipinski definition) is 0. The van der Waals surface area contributed by atoms with Gasteiger partial charge in [-0.3, -0.25) is 19.2 Å². The largest absolute Gasteiger partial charge is 0.349 e. The van der Waals surface area contributed by atoms with E-state index in [0.717, 1.165) is 4.90 Å². The Labute approximate surface area is 208 Å². The molecule has 6 rings (SSSR count). The Bertz CT molecular complexity index is 1440. The standard InChI is InChI=1S/C26H14Cl2FNO5/c27-17-10-9-14(11-18(17)28)30-24(33)19-20(25(30)34)26(35-21(19)12-5-7-13(29)8-6-12)22(31)15-3-1-2-4-16(15)23(26)32/h1-11,19-21H/t19-,20-,21+/m0/s1. The van der Waals surface area contributed by atoms with Gasteiger partial charge in [0.15, 0.2) is 0 Å². The molecule has 0 saturated carbocycles. The molecule has 3 aromatic carbocycles. The highest BCUT2D eigenvalue weighted by molar-refractivity contribution is 6.42. The van der Waals surface area contributed by atoms with E-state index in [4.69, 9.17) is 27.9 Å². The molecule has 174 valence electrons. The molecule has 0 bridgehead atoms. The van der Waals surface area contributed by atoms with Crippen molar-refractivity contribution in [1.82, 2.24) is 0 Å². The maximum Gasteiger partial charge on any atom is 0.241 e. The van der Waals surface area contributed by atoms with Gasteiger partial charge >= 0.3 is 0 Å². The summed E-state index contributed by atoms with van der Waals surface area (Å²) in [5.74, 6) is -5.86. The van der Waals surface area contributed by atoms with Crippen molar-refractivity contribution in [3.05, 3.63) is 99.3 Å². The zero-order valence-corrected chi connectivity index (χ0v) is 19.2. The van der Waals surface area contributed by atoms with Crippen molar-refractivity contribution in [2.75, 3.05) is 4.90 Å². The van der Waals surface area contributed by atoms with Crippen LogP contribution in [0.5, 0.6) is 0 Å². The maximum absolute atomic E-state index is 13.8. The summed E-state index contributed by atoms with van der Waals surface area (Å²) in [5, 5.41) is 0.360. The lowest BCUT2D eigenvalue weighted by Crippen LogP contribution is -2.51. The third-order valence-electron chi connectivity index (χ3n) is 6.88. The fourth-order valence-electron chi connectivity index (χ4n) is 5.35. The van der Waals surface area contributed by atoms with Gasteiger partial charge in [-0.1, -0.05) is 59.6 Å². The zero-order valence-electron chi connectivity index (χ0n) is 17.7. The predicted molar refractivity (Wildman–Crippen MR) is 124 cm³/mol. The van der Waals surface area contributed by atoms with Crippen LogP contribution in [0.15, 0.2) is 66.7 Å². The van der Waals surface area contributed by atoms with Gasteiger partial charge in [0.25, 0.3) is 0 Å². The zero-order chi connectivity index (χ0) is 24.6. The van der Waals surface area contributed by atoms with E-state index in [2.05, 4.69) is 0 Å². The molecule has 1 spiro atoms. The Balaban J connectivity index is 1.54. The number of amides is 2. The molecule has 2 aliphatic heterocycles. The molecule has 3 aliphatic rings. The van der Waals surface area contributed by atoms with Crippen molar-refractivity contribution in [3.8, 4) is 0 Å². The van der Waals surface area contributed by atoms with Gasteiger partial charge in [0.05, 0.1) is 33.7 Å². The van der Waals surface area contributed by atoms with Crippen LogP contribution in [0.3, 0.4) is 0 Å². The minimum absolute atomic E-state index is 0.128. The lowest BCUT2D eigenvalue weighted by Gasteiger charge is -2.27. The van der Waals surface area contributed by atoms with Crippen LogP contribution in [0.4, 0.5) is 10.1 Å². The van der Waals surface area contributed by atoms with Gasteiger partial charge in [0.1, 0.15) is 5.82 Å². The highest BCUT2D eigenvalue weighted by atomic mass is 35.5. The molecule has 0 radical (unpaired) electrons. The number of anilines is 1. The molecule has 6 nitrogen and oxygen atoms in total. The summed E-state index contributed by atoms with van der Waals surface area (Å²) in [5.41, 5.74) is -1.42. The summed E-state index contributed by atoms with van der Waals surface area (Å²) < 4.78 is 19.8. The molecule has 3 atom stereocenters. The number of fused-ring (bicyclic) bond motifs is 3. The second-order valence-corrected chi connectivity index (χ2v) is 9.46. The maximum atomic E-state index is 13.8. The quantitative estimate of drug-likeness (QED) is 0.365. The van der Waals surface area contributed by atoms with Gasteiger partial charge in [-0.25, -0.2) is 9.29 Å². The third kappa shape index (κ3) is 2.86. The van der Waals surface area contributed by atoms with Gasteiger partial charge in [0, 0.05) is 11.1 Å². The normalized spacial score (nSPS) is 24.4. The molecule has 0 N–H and O–H groups in total. The summed E-state index contributed by atoms with van der Waals surface area (Å²) in [6.45, 7) is 0. The smallest absolute Gasteiger partial charge is 0.241 e. The minimum atomic E-state index is -2.20. The Morgan fingerprint density at radius 1 is 0.800 bits per heavy atom. The molecule has 2 amide bonds. The number of ether oxygens (including phenoxy) is 1. The van der Waals surface area contributed by atoms with Crippen LogP contribution in [0, 0.1) is 17.7 Å². The van der Waals surface area contributed by atoms with E-state index in [0.29, 0.717) is 5.56 Å². The van der Waals surface area contributed by atoms with Crippen molar-refractivity contribution < 1.29 is 28.3 Å². The number of ketones is 2. The van der Waals surface area contributed by atoms with Gasteiger partial charge in [0.2, 0.25) is 29.0 Å². The van der Waals surface area contributed by atoms with E-state index in [-0.39, 0.29) is 26.9 Å². The summed E-state index contributed by atoms with van der Waals surface area (Å²) in [6, 6.07) is 15.7.